The first-order valence-electron chi connectivity index (χ1n) is 12.1. The second-order valence-electron chi connectivity index (χ2n) is 9.45. The molecule has 184 valence electrons. The highest BCUT2D eigenvalue weighted by Gasteiger charge is 2.36. The molecule has 6 nitrogen and oxygen atoms in total. The first-order chi connectivity index (χ1) is 16.8. The first kappa shape index (κ1) is 24.1. The van der Waals surface area contributed by atoms with E-state index in [4.69, 9.17) is 11.6 Å². The van der Waals surface area contributed by atoms with Crippen LogP contribution in [0.25, 0.3) is 10.8 Å². The molecule has 1 amide bonds. The molecular weight excluding hydrogens is 482 g/mol. The SMILES string of the molecule is Cc1ccc(Cl)cc1N1CCN(C(=O)[C@H]2CCCN(S(=O)(=O)c3ccc4ccccc4c3)C2)CC1. The van der Waals surface area contributed by atoms with Crippen molar-refractivity contribution in [2.75, 3.05) is 44.2 Å². The molecule has 2 aliphatic rings. The molecule has 2 heterocycles. The van der Waals surface area contributed by atoms with E-state index < -0.39 is 10.0 Å². The van der Waals surface area contributed by atoms with E-state index in [9.17, 15) is 13.2 Å². The largest absolute Gasteiger partial charge is 0.368 e. The normalized spacial score (nSPS) is 19.8. The molecule has 0 spiro atoms. The zero-order valence-electron chi connectivity index (χ0n) is 19.9. The summed E-state index contributed by atoms with van der Waals surface area (Å²) < 4.78 is 28.3. The van der Waals surface area contributed by atoms with Crippen molar-refractivity contribution in [3.8, 4) is 0 Å². The van der Waals surface area contributed by atoms with Gasteiger partial charge in [0.1, 0.15) is 0 Å². The maximum absolute atomic E-state index is 13.4. The maximum Gasteiger partial charge on any atom is 0.243 e. The summed E-state index contributed by atoms with van der Waals surface area (Å²) in [6, 6.07) is 18.8. The number of hydrogen-bond donors (Lipinski definition) is 0. The Bertz CT molecular complexity index is 1350. The molecule has 0 radical (unpaired) electrons. The van der Waals surface area contributed by atoms with Crippen molar-refractivity contribution in [1.29, 1.82) is 0 Å². The van der Waals surface area contributed by atoms with E-state index in [1.54, 1.807) is 12.1 Å². The van der Waals surface area contributed by atoms with Crippen molar-refractivity contribution in [2.45, 2.75) is 24.7 Å². The van der Waals surface area contributed by atoms with Gasteiger partial charge in [-0.25, -0.2) is 8.42 Å². The smallest absolute Gasteiger partial charge is 0.243 e. The molecule has 1 atom stereocenters. The van der Waals surface area contributed by atoms with Gasteiger partial charge >= 0.3 is 0 Å². The molecule has 0 N–H and O–H groups in total. The van der Waals surface area contributed by atoms with Gasteiger partial charge in [-0.1, -0.05) is 48.0 Å². The van der Waals surface area contributed by atoms with E-state index in [2.05, 4.69) is 11.8 Å². The summed E-state index contributed by atoms with van der Waals surface area (Å²) >= 11 is 6.20. The van der Waals surface area contributed by atoms with E-state index in [-0.39, 0.29) is 23.3 Å². The monoisotopic (exact) mass is 511 g/mol. The van der Waals surface area contributed by atoms with Gasteiger partial charge in [-0.15, -0.1) is 0 Å². The van der Waals surface area contributed by atoms with Crippen LogP contribution in [0.4, 0.5) is 5.69 Å². The van der Waals surface area contributed by atoms with Gasteiger partial charge in [0.15, 0.2) is 0 Å². The van der Waals surface area contributed by atoms with Crippen LogP contribution in [0.5, 0.6) is 0 Å². The number of piperazine rings is 1. The van der Waals surface area contributed by atoms with Crippen molar-refractivity contribution in [1.82, 2.24) is 9.21 Å². The second kappa shape index (κ2) is 9.80. The molecule has 0 unspecified atom stereocenters. The Morgan fingerprint density at radius 3 is 2.43 bits per heavy atom. The molecule has 5 rings (SSSR count). The third-order valence-corrected chi connectivity index (χ3v) is 9.29. The van der Waals surface area contributed by atoms with Crippen molar-refractivity contribution in [3.63, 3.8) is 0 Å². The molecule has 35 heavy (non-hydrogen) atoms. The summed E-state index contributed by atoms with van der Waals surface area (Å²) in [4.78, 5) is 17.8. The number of sulfonamides is 1. The molecule has 0 aromatic heterocycles. The van der Waals surface area contributed by atoms with Crippen LogP contribution >= 0.6 is 11.6 Å². The molecule has 3 aromatic rings. The number of nitrogens with zero attached hydrogens (tertiary/aromatic N) is 3. The lowest BCUT2D eigenvalue weighted by Crippen LogP contribution is -2.53. The molecule has 0 aliphatic carbocycles. The van der Waals surface area contributed by atoms with Crippen molar-refractivity contribution in [2.24, 2.45) is 5.92 Å². The number of benzene rings is 3. The van der Waals surface area contributed by atoms with Crippen LogP contribution in [0.2, 0.25) is 5.02 Å². The number of anilines is 1. The molecule has 3 aromatic carbocycles. The minimum atomic E-state index is -3.66. The van der Waals surface area contributed by atoms with E-state index in [1.165, 1.54) is 4.31 Å². The van der Waals surface area contributed by atoms with Gasteiger partial charge in [0, 0.05) is 50.0 Å². The minimum absolute atomic E-state index is 0.0610. The average Bonchev–Trinajstić information content (AvgIpc) is 2.89. The van der Waals surface area contributed by atoms with E-state index >= 15 is 0 Å². The number of amides is 1. The Morgan fingerprint density at radius 2 is 1.66 bits per heavy atom. The van der Waals surface area contributed by atoms with E-state index in [0.717, 1.165) is 41.5 Å². The Kier molecular flexibility index (Phi) is 6.75. The summed E-state index contributed by atoms with van der Waals surface area (Å²) in [5.74, 6) is -0.246. The Balaban J connectivity index is 1.25. The highest BCUT2D eigenvalue weighted by molar-refractivity contribution is 7.89. The fourth-order valence-electron chi connectivity index (χ4n) is 5.19. The van der Waals surface area contributed by atoms with E-state index in [0.29, 0.717) is 31.1 Å². The second-order valence-corrected chi connectivity index (χ2v) is 11.8. The number of rotatable bonds is 4. The summed E-state index contributed by atoms with van der Waals surface area (Å²) in [7, 11) is -3.66. The lowest BCUT2D eigenvalue weighted by Gasteiger charge is -2.40. The molecule has 2 aliphatic heterocycles. The van der Waals surface area contributed by atoms with Gasteiger partial charge in [0.2, 0.25) is 15.9 Å². The molecule has 2 saturated heterocycles. The fraction of sp³-hybridized carbons (Fsp3) is 0.370. The van der Waals surface area contributed by atoms with Crippen molar-refractivity contribution >= 4 is 44.0 Å². The first-order valence-corrected chi connectivity index (χ1v) is 13.9. The third-order valence-electron chi connectivity index (χ3n) is 7.20. The van der Waals surface area contributed by atoms with Crippen LogP contribution < -0.4 is 4.90 Å². The third kappa shape index (κ3) is 4.90. The summed E-state index contributed by atoms with van der Waals surface area (Å²) in [5, 5.41) is 2.61. The van der Waals surface area contributed by atoms with Gasteiger partial charge in [0.25, 0.3) is 0 Å². The average molecular weight is 512 g/mol. The number of piperidine rings is 1. The van der Waals surface area contributed by atoms with Crippen LogP contribution in [-0.2, 0) is 14.8 Å². The van der Waals surface area contributed by atoms with Gasteiger partial charge in [-0.2, -0.15) is 4.31 Å². The summed E-state index contributed by atoms with van der Waals surface area (Å²) in [6.07, 6.45) is 1.40. The molecule has 0 saturated carbocycles. The highest BCUT2D eigenvalue weighted by Crippen LogP contribution is 2.29. The zero-order valence-corrected chi connectivity index (χ0v) is 21.4. The van der Waals surface area contributed by atoms with Crippen LogP contribution in [0, 0.1) is 12.8 Å². The standard InChI is InChI=1S/C27H30ClN3O3S/c1-20-8-10-24(28)18-26(20)29-13-15-30(16-14-29)27(32)23-7-4-12-31(19-23)35(33,34)25-11-9-21-5-2-3-6-22(21)17-25/h2-3,5-6,8-11,17-18,23H,4,7,12-16,19H2,1H3/t23-/m0/s1. The number of carbonyl (C=O) groups excluding carboxylic acids is 1. The Hall–Kier alpha value is -2.61. The lowest BCUT2D eigenvalue weighted by molar-refractivity contribution is -0.137. The molecular formula is C27H30ClN3O3S. The number of hydrogen-bond acceptors (Lipinski definition) is 4. The van der Waals surface area contributed by atoms with Crippen LogP contribution in [0.1, 0.15) is 18.4 Å². The topological polar surface area (TPSA) is 60.9 Å². The Morgan fingerprint density at radius 1 is 0.914 bits per heavy atom. The van der Waals surface area contributed by atoms with Crippen molar-refractivity contribution in [3.05, 3.63) is 71.2 Å². The number of fused-ring (bicyclic) bond motifs is 1. The maximum atomic E-state index is 13.4. The van der Waals surface area contributed by atoms with Crippen LogP contribution in [-0.4, -0.2) is 62.8 Å². The van der Waals surface area contributed by atoms with Crippen LogP contribution in [0.15, 0.2) is 65.6 Å². The van der Waals surface area contributed by atoms with Gasteiger partial charge < -0.3 is 9.80 Å². The van der Waals surface area contributed by atoms with Gasteiger partial charge in [-0.05, 0) is 60.4 Å². The summed E-state index contributed by atoms with van der Waals surface area (Å²) in [5.41, 5.74) is 2.27. The molecule has 8 heteroatoms. The van der Waals surface area contributed by atoms with Gasteiger partial charge in [0.05, 0.1) is 10.8 Å². The Labute approximate surface area is 212 Å². The highest BCUT2D eigenvalue weighted by atomic mass is 35.5. The van der Waals surface area contributed by atoms with Crippen LogP contribution in [0.3, 0.4) is 0 Å². The quantitative estimate of drug-likeness (QED) is 0.515. The minimum Gasteiger partial charge on any atom is -0.368 e. The predicted octanol–water partition coefficient (Wildman–Crippen LogP) is 4.55. The fourth-order valence-corrected chi connectivity index (χ4v) is 6.91. The predicted molar refractivity (Wildman–Crippen MR) is 140 cm³/mol. The lowest BCUT2D eigenvalue weighted by atomic mass is 9.97. The summed E-state index contributed by atoms with van der Waals surface area (Å²) in [6.45, 7) is 5.47. The number of carbonyl (C=O) groups is 1. The van der Waals surface area contributed by atoms with Crippen molar-refractivity contribution < 1.29 is 13.2 Å². The molecule has 0 bridgehead atoms. The number of halogens is 1. The molecule has 2 fully saturated rings. The van der Waals surface area contributed by atoms with E-state index in [1.807, 2.05) is 53.4 Å². The number of aryl methyl sites for hydroxylation is 1. The zero-order chi connectivity index (χ0) is 24.6. The van der Waals surface area contributed by atoms with Gasteiger partial charge in [-0.3, -0.25) is 4.79 Å².